The summed E-state index contributed by atoms with van der Waals surface area (Å²) in [5, 5.41) is 14.3. The number of thioether (sulfide) groups is 1. The number of hydrogen-bond acceptors (Lipinski definition) is 5. The molecule has 0 fully saturated rings. The van der Waals surface area contributed by atoms with E-state index in [2.05, 4.69) is 45.0 Å². The zero-order chi connectivity index (χ0) is 26.3. The molecule has 1 aromatic heterocycles. The van der Waals surface area contributed by atoms with E-state index in [-0.39, 0.29) is 11.7 Å². The van der Waals surface area contributed by atoms with Gasteiger partial charge in [-0.3, -0.25) is 9.36 Å². The highest BCUT2D eigenvalue weighted by molar-refractivity contribution is 7.99. The molecule has 0 aliphatic rings. The molecule has 0 atom stereocenters. The Hall–Kier alpha value is -4.20. The van der Waals surface area contributed by atoms with Crippen LogP contribution in [0.25, 0.3) is 28.2 Å². The van der Waals surface area contributed by atoms with Crippen molar-refractivity contribution in [2.45, 2.75) is 12.1 Å². The molecule has 0 spiro atoms. The minimum Gasteiger partial charge on any atom is -0.272 e. The summed E-state index contributed by atoms with van der Waals surface area (Å²) in [4.78, 5) is 12.6. The lowest BCUT2D eigenvalue weighted by molar-refractivity contribution is -0.118. The summed E-state index contributed by atoms with van der Waals surface area (Å²) < 4.78 is 1.92. The molecule has 1 heterocycles. The molecule has 5 rings (SSSR count). The highest BCUT2D eigenvalue weighted by Gasteiger charge is 2.17. The minimum atomic E-state index is -0.234. The Morgan fingerprint density at radius 3 is 2.08 bits per heavy atom. The number of benzene rings is 4. The number of nitrogens with zero attached hydrogens (tertiary/aromatic N) is 4. The Balaban J connectivity index is 1.27. The molecule has 0 aliphatic heterocycles. The van der Waals surface area contributed by atoms with E-state index in [9.17, 15) is 4.79 Å². The maximum atomic E-state index is 12.6. The Kier molecular flexibility index (Phi) is 7.97. The fourth-order valence-electron chi connectivity index (χ4n) is 3.87. The Morgan fingerprint density at radius 2 is 1.42 bits per heavy atom. The summed E-state index contributed by atoms with van der Waals surface area (Å²) in [5.41, 5.74) is 8.37. The lowest BCUT2D eigenvalue weighted by atomic mass is 10.0. The van der Waals surface area contributed by atoms with E-state index in [0.29, 0.717) is 16.0 Å². The molecule has 5 aromatic rings. The standard InChI is InChI=1S/C30H24ClN5OS/c1-21(22-12-14-24(15-13-22)23-8-4-2-5-9-23)32-33-28(37)20-38-30-35-34-29(25-10-6-3-7-11-25)36(30)27-18-16-26(31)17-19-27/h2-19H,20H2,1H3,(H,33,37)/b32-21+. The van der Waals surface area contributed by atoms with Crippen molar-refractivity contribution >= 4 is 35.0 Å². The average Bonchev–Trinajstić information content (AvgIpc) is 3.40. The normalized spacial score (nSPS) is 11.4. The van der Waals surface area contributed by atoms with Crippen LogP contribution in [-0.4, -0.2) is 32.1 Å². The van der Waals surface area contributed by atoms with Crippen LogP contribution in [0.2, 0.25) is 5.02 Å². The third kappa shape index (κ3) is 6.02. The summed E-state index contributed by atoms with van der Waals surface area (Å²) in [6, 6.07) is 35.5. The van der Waals surface area contributed by atoms with Crippen molar-refractivity contribution in [2.75, 3.05) is 5.75 Å². The molecule has 0 saturated heterocycles. The third-order valence-corrected chi connectivity index (χ3v) is 7.02. The van der Waals surface area contributed by atoms with Crippen molar-refractivity contribution in [2.24, 2.45) is 5.10 Å². The predicted molar refractivity (Wildman–Crippen MR) is 155 cm³/mol. The number of hydrogen-bond donors (Lipinski definition) is 1. The Morgan fingerprint density at radius 1 is 0.816 bits per heavy atom. The highest BCUT2D eigenvalue weighted by atomic mass is 35.5. The molecule has 0 bridgehead atoms. The van der Waals surface area contributed by atoms with Crippen LogP contribution in [0.3, 0.4) is 0 Å². The van der Waals surface area contributed by atoms with Gasteiger partial charge < -0.3 is 0 Å². The molecule has 0 unspecified atom stereocenters. The minimum absolute atomic E-state index is 0.129. The van der Waals surface area contributed by atoms with E-state index in [4.69, 9.17) is 11.6 Å². The largest absolute Gasteiger partial charge is 0.272 e. The number of hydrazone groups is 1. The maximum absolute atomic E-state index is 12.6. The first-order chi connectivity index (χ1) is 18.6. The van der Waals surface area contributed by atoms with Crippen LogP contribution in [0.15, 0.2) is 119 Å². The molecule has 8 heteroatoms. The number of carbonyl (C=O) groups is 1. The SMILES string of the molecule is C/C(=N\NC(=O)CSc1nnc(-c2ccccc2)n1-c1ccc(Cl)cc1)c1ccc(-c2ccccc2)cc1. The van der Waals surface area contributed by atoms with Crippen molar-refractivity contribution in [3.05, 3.63) is 120 Å². The number of carbonyl (C=O) groups excluding carboxylic acids is 1. The van der Waals surface area contributed by atoms with Gasteiger partial charge in [-0.1, -0.05) is 108 Å². The highest BCUT2D eigenvalue weighted by Crippen LogP contribution is 2.28. The van der Waals surface area contributed by atoms with E-state index < -0.39 is 0 Å². The van der Waals surface area contributed by atoms with Crippen LogP contribution in [0.5, 0.6) is 0 Å². The van der Waals surface area contributed by atoms with Gasteiger partial charge in [-0.2, -0.15) is 5.10 Å². The quantitative estimate of drug-likeness (QED) is 0.133. The van der Waals surface area contributed by atoms with Crippen LogP contribution in [0.1, 0.15) is 12.5 Å². The van der Waals surface area contributed by atoms with Gasteiger partial charge in [0.15, 0.2) is 11.0 Å². The zero-order valence-corrected chi connectivity index (χ0v) is 22.2. The number of nitrogens with one attached hydrogen (secondary N) is 1. The number of amides is 1. The summed E-state index contributed by atoms with van der Waals surface area (Å²) in [5.74, 6) is 0.579. The van der Waals surface area contributed by atoms with Gasteiger partial charge >= 0.3 is 0 Å². The summed E-state index contributed by atoms with van der Waals surface area (Å²) in [6.07, 6.45) is 0. The topological polar surface area (TPSA) is 72.2 Å². The second-order valence-electron chi connectivity index (χ2n) is 8.45. The molecule has 6 nitrogen and oxygen atoms in total. The number of aromatic nitrogens is 3. The average molecular weight is 538 g/mol. The molecular weight excluding hydrogens is 514 g/mol. The number of halogens is 1. The third-order valence-electron chi connectivity index (χ3n) is 5.84. The van der Waals surface area contributed by atoms with Crippen LogP contribution in [-0.2, 0) is 4.79 Å². The molecule has 0 saturated carbocycles. The Labute approximate surface area is 230 Å². The van der Waals surface area contributed by atoms with Gasteiger partial charge in [-0.25, -0.2) is 5.43 Å². The maximum Gasteiger partial charge on any atom is 0.250 e. The fraction of sp³-hybridized carbons (Fsp3) is 0.0667. The summed E-state index contributed by atoms with van der Waals surface area (Å²) in [6.45, 7) is 1.87. The first kappa shape index (κ1) is 25.4. The molecule has 38 heavy (non-hydrogen) atoms. The molecule has 0 radical (unpaired) electrons. The lowest BCUT2D eigenvalue weighted by Gasteiger charge is -2.10. The van der Waals surface area contributed by atoms with Gasteiger partial charge in [-0.15, -0.1) is 10.2 Å². The van der Waals surface area contributed by atoms with E-state index in [0.717, 1.165) is 33.7 Å². The van der Waals surface area contributed by atoms with Crippen molar-refractivity contribution in [3.8, 4) is 28.2 Å². The second kappa shape index (κ2) is 11.9. The van der Waals surface area contributed by atoms with Gasteiger partial charge in [0.05, 0.1) is 11.5 Å². The van der Waals surface area contributed by atoms with Gasteiger partial charge in [0.25, 0.3) is 5.91 Å². The smallest absolute Gasteiger partial charge is 0.250 e. The molecule has 1 N–H and O–H groups in total. The fourth-order valence-corrected chi connectivity index (χ4v) is 4.74. The van der Waals surface area contributed by atoms with Crippen LogP contribution in [0, 0.1) is 0 Å². The lowest BCUT2D eigenvalue weighted by Crippen LogP contribution is -2.21. The molecule has 0 aliphatic carbocycles. The van der Waals surface area contributed by atoms with Crippen molar-refractivity contribution in [1.29, 1.82) is 0 Å². The van der Waals surface area contributed by atoms with Crippen LogP contribution < -0.4 is 5.43 Å². The molecule has 188 valence electrons. The Bertz CT molecular complexity index is 1550. The van der Waals surface area contributed by atoms with Crippen molar-refractivity contribution in [3.63, 3.8) is 0 Å². The van der Waals surface area contributed by atoms with E-state index in [1.807, 2.05) is 96.4 Å². The molecule has 1 amide bonds. The van der Waals surface area contributed by atoms with Gasteiger partial charge in [0, 0.05) is 16.3 Å². The van der Waals surface area contributed by atoms with Gasteiger partial charge in [0.2, 0.25) is 0 Å². The van der Waals surface area contributed by atoms with Gasteiger partial charge in [-0.05, 0) is 47.9 Å². The first-order valence-electron chi connectivity index (χ1n) is 12.0. The van der Waals surface area contributed by atoms with Gasteiger partial charge in [0.1, 0.15) is 0 Å². The van der Waals surface area contributed by atoms with Crippen molar-refractivity contribution in [1.82, 2.24) is 20.2 Å². The van der Waals surface area contributed by atoms with E-state index >= 15 is 0 Å². The zero-order valence-electron chi connectivity index (χ0n) is 20.6. The monoisotopic (exact) mass is 537 g/mol. The summed E-state index contributed by atoms with van der Waals surface area (Å²) >= 11 is 7.39. The van der Waals surface area contributed by atoms with E-state index in [1.165, 1.54) is 11.8 Å². The second-order valence-corrected chi connectivity index (χ2v) is 9.83. The van der Waals surface area contributed by atoms with Crippen LogP contribution >= 0.6 is 23.4 Å². The summed E-state index contributed by atoms with van der Waals surface area (Å²) in [7, 11) is 0. The molecular formula is C30H24ClN5OS. The predicted octanol–water partition coefficient (Wildman–Crippen LogP) is 6.89. The van der Waals surface area contributed by atoms with E-state index in [1.54, 1.807) is 0 Å². The van der Waals surface area contributed by atoms with Crippen molar-refractivity contribution < 1.29 is 4.79 Å². The first-order valence-corrected chi connectivity index (χ1v) is 13.3. The number of rotatable bonds is 8. The van der Waals surface area contributed by atoms with Crippen LogP contribution in [0.4, 0.5) is 0 Å². The molecule has 4 aromatic carbocycles.